The van der Waals surface area contributed by atoms with Gasteiger partial charge in [-0.1, -0.05) is 34.8 Å². The second kappa shape index (κ2) is 4.75. The van der Waals surface area contributed by atoms with E-state index in [9.17, 15) is 5.11 Å². The van der Waals surface area contributed by atoms with E-state index < -0.39 is 0 Å². The Hall–Kier alpha value is -0.370. The van der Waals surface area contributed by atoms with Crippen molar-refractivity contribution in [3.05, 3.63) is 39.4 Å². The van der Waals surface area contributed by atoms with Gasteiger partial charge in [0.15, 0.2) is 0 Å². The van der Waals surface area contributed by atoms with Gasteiger partial charge in [0.2, 0.25) is 0 Å². The molecule has 0 saturated carbocycles. The first-order valence-corrected chi connectivity index (χ1v) is 4.71. The molecule has 0 bridgehead atoms. The number of aromatic hydroxyl groups is 1. The van der Waals surface area contributed by atoms with Gasteiger partial charge in [0.05, 0.1) is 0 Å². The molecule has 0 atom stereocenters. The molecule has 0 radical (unpaired) electrons. The Bertz CT molecular complexity index is 330. The third-order valence-electron chi connectivity index (χ3n) is 1.52. The maximum absolute atomic E-state index is 9.37. The lowest BCUT2D eigenvalue weighted by atomic mass is 10.1. The largest absolute Gasteiger partial charge is 0.508 e. The molecule has 0 fully saturated rings. The molecule has 0 saturated heterocycles. The van der Waals surface area contributed by atoms with Gasteiger partial charge in [-0.25, -0.2) is 0 Å². The summed E-state index contributed by atoms with van der Waals surface area (Å²) in [6.07, 6.45) is 2.06. The molecule has 0 amide bonds. The van der Waals surface area contributed by atoms with E-state index in [2.05, 4.69) is 0 Å². The molecule has 0 aromatic heterocycles. The van der Waals surface area contributed by atoms with Crippen LogP contribution in [0.5, 0.6) is 5.75 Å². The highest BCUT2D eigenvalue weighted by molar-refractivity contribution is 6.55. The van der Waals surface area contributed by atoms with Crippen LogP contribution in [-0.2, 0) is 6.42 Å². The first-order chi connectivity index (χ1) is 6.09. The van der Waals surface area contributed by atoms with Crippen molar-refractivity contribution < 1.29 is 5.11 Å². The number of allylic oxidation sites excluding steroid dienone is 1. The molecule has 0 aliphatic heterocycles. The molecule has 13 heavy (non-hydrogen) atoms. The maximum Gasteiger partial charge on any atom is 0.119 e. The van der Waals surface area contributed by atoms with Gasteiger partial charge in [-0.2, -0.15) is 0 Å². The lowest BCUT2D eigenvalue weighted by Crippen LogP contribution is -1.82. The first-order valence-electron chi connectivity index (χ1n) is 3.58. The van der Waals surface area contributed by atoms with Crippen LogP contribution in [0.1, 0.15) is 5.56 Å². The Morgan fingerprint density at radius 2 is 2.08 bits per heavy atom. The summed E-state index contributed by atoms with van der Waals surface area (Å²) >= 11 is 16.6. The van der Waals surface area contributed by atoms with Crippen molar-refractivity contribution in [1.29, 1.82) is 0 Å². The van der Waals surface area contributed by atoms with Crippen LogP contribution in [0.15, 0.2) is 28.8 Å². The Morgan fingerprint density at radius 1 is 1.38 bits per heavy atom. The highest BCUT2D eigenvalue weighted by Crippen LogP contribution is 2.23. The van der Waals surface area contributed by atoms with Crippen LogP contribution < -0.4 is 0 Å². The number of halogens is 3. The lowest BCUT2D eigenvalue weighted by molar-refractivity contribution is 0.470. The van der Waals surface area contributed by atoms with Crippen LogP contribution in [0, 0.1) is 0 Å². The molecule has 0 aliphatic rings. The van der Waals surface area contributed by atoms with Gasteiger partial charge in [0.1, 0.15) is 10.2 Å². The summed E-state index contributed by atoms with van der Waals surface area (Å²) in [6.45, 7) is 0. The molecule has 4 heteroatoms. The summed E-state index contributed by atoms with van der Waals surface area (Å²) in [6, 6.07) is 4.82. The van der Waals surface area contributed by atoms with Gasteiger partial charge in [-0.15, -0.1) is 0 Å². The van der Waals surface area contributed by atoms with E-state index in [1.54, 1.807) is 18.2 Å². The van der Waals surface area contributed by atoms with Crippen molar-refractivity contribution in [3.8, 4) is 5.75 Å². The van der Waals surface area contributed by atoms with Crippen LogP contribution in [0.3, 0.4) is 0 Å². The van der Waals surface area contributed by atoms with Crippen LogP contribution in [0.2, 0.25) is 5.02 Å². The summed E-state index contributed by atoms with van der Waals surface area (Å²) in [5, 5.41) is 9.95. The monoisotopic (exact) mass is 236 g/mol. The topological polar surface area (TPSA) is 20.2 Å². The minimum absolute atomic E-state index is 0.180. The predicted molar refractivity (Wildman–Crippen MR) is 56.6 cm³/mol. The van der Waals surface area contributed by atoms with E-state index >= 15 is 0 Å². The van der Waals surface area contributed by atoms with E-state index in [-0.39, 0.29) is 10.2 Å². The lowest BCUT2D eigenvalue weighted by Gasteiger charge is -2.01. The van der Waals surface area contributed by atoms with Gasteiger partial charge in [-0.3, -0.25) is 0 Å². The number of phenols is 1. The normalized spacial score (nSPS) is 9.77. The van der Waals surface area contributed by atoms with E-state index in [1.165, 1.54) is 6.07 Å². The molecule has 0 heterocycles. The maximum atomic E-state index is 9.37. The molecule has 70 valence electrons. The van der Waals surface area contributed by atoms with Crippen molar-refractivity contribution in [2.45, 2.75) is 6.42 Å². The minimum atomic E-state index is 0.180. The van der Waals surface area contributed by atoms with Crippen molar-refractivity contribution >= 4 is 34.8 Å². The highest BCUT2D eigenvalue weighted by Gasteiger charge is 2.00. The predicted octanol–water partition coefficient (Wildman–Crippen LogP) is 3.91. The van der Waals surface area contributed by atoms with Crippen molar-refractivity contribution in [3.63, 3.8) is 0 Å². The first kappa shape index (κ1) is 10.7. The van der Waals surface area contributed by atoms with Crippen molar-refractivity contribution in [2.24, 2.45) is 0 Å². The molecule has 0 unspecified atom stereocenters. The van der Waals surface area contributed by atoms with Crippen LogP contribution >= 0.6 is 34.8 Å². The van der Waals surface area contributed by atoms with E-state index in [4.69, 9.17) is 34.8 Å². The standard InChI is InChI=1S/C9H7Cl3O/c10-7-2-3-8(13)6(5-7)1-4-9(11)12/h2-5,13H,1H2. The summed E-state index contributed by atoms with van der Waals surface area (Å²) in [4.78, 5) is 0. The molecular weight excluding hydrogens is 230 g/mol. The minimum Gasteiger partial charge on any atom is -0.508 e. The fraction of sp³-hybridized carbons (Fsp3) is 0.111. The van der Waals surface area contributed by atoms with E-state index in [0.717, 1.165) is 0 Å². The third-order valence-corrected chi connectivity index (χ3v) is 2.06. The SMILES string of the molecule is Oc1ccc(Cl)cc1CC=C(Cl)Cl. The van der Waals surface area contributed by atoms with Crippen molar-refractivity contribution in [1.82, 2.24) is 0 Å². The molecule has 1 aromatic carbocycles. The summed E-state index contributed by atoms with van der Waals surface area (Å²) in [5.41, 5.74) is 0.700. The van der Waals surface area contributed by atoms with Gasteiger partial charge in [0.25, 0.3) is 0 Å². The zero-order valence-corrected chi connectivity index (χ0v) is 8.87. The van der Waals surface area contributed by atoms with Gasteiger partial charge in [0, 0.05) is 5.02 Å². The molecule has 1 N–H and O–H groups in total. The average Bonchev–Trinajstić information content (AvgIpc) is 2.06. The van der Waals surface area contributed by atoms with Crippen molar-refractivity contribution in [2.75, 3.05) is 0 Å². The number of hydrogen-bond acceptors (Lipinski definition) is 1. The zero-order valence-electron chi connectivity index (χ0n) is 6.60. The highest BCUT2D eigenvalue weighted by atomic mass is 35.5. The summed E-state index contributed by atoms with van der Waals surface area (Å²) in [5.74, 6) is 0.190. The fourth-order valence-electron chi connectivity index (χ4n) is 0.905. The molecule has 0 aliphatic carbocycles. The zero-order chi connectivity index (χ0) is 9.84. The second-order valence-corrected chi connectivity index (χ2v) is 3.92. The Labute approximate surface area is 91.5 Å². The van der Waals surface area contributed by atoms with Crippen LogP contribution in [-0.4, -0.2) is 5.11 Å². The Morgan fingerprint density at radius 3 is 2.69 bits per heavy atom. The molecule has 1 rings (SSSR count). The van der Waals surface area contributed by atoms with Crippen LogP contribution in [0.4, 0.5) is 0 Å². The smallest absolute Gasteiger partial charge is 0.119 e. The number of benzene rings is 1. The molecule has 1 aromatic rings. The number of phenolic OH excluding ortho intramolecular Hbond substituents is 1. The Kier molecular flexibility index (Phi) is 3.91. The van der Waals surface area contributed by atoms with Crippen LogP contribution in [0.25, 0.3) is 0 Å². The number of hydrogen-bond donors (Lipinski definition) is 1. The number of rotatable bonds is 2. The van der Waals surface area contributed by atoms with Gasteiger partial charge in [-0.05, 0) is 36.3 Å². The molecule has 1 nitrogen and oxygen atoms in total. The quantitative estimate of drug-likeness (QED) is 0.827. The summed E-state index contributed by atoms with van der Waals surface area (Å²) < 4.78 is 0.180. The Balaban J connectivity index is 2.87. The molecule has 0 spiro atoms. The van der Waals surface area contributed by atoms with Gasteiger partial charge >= 0.3 is 0 Å². The summed E-state index contributed by atoms with van der Waals surface area (Å²) in [7, 11) is 0. The van der Waals surface area contributed by atoms with Gasteiger partial charge < -0.3 is 5.11 Å². The molecular formula is C9H7Cl3O. The fourth-order valence-corrected chi connectivity index (χ4v) is 1.25. The average molecular weight is 238 g/mol. The van der Waals surface area contributed by atoms with E-state index in [0.29, 0.717) is 17.0 Å². The second-order valence-electron chi connectivity index (χ2n) is 2.47. The van der Waals surface area contributed by atoms with E-state index in [1.807, 2.05) is 0 Å². The third kappa shape index (κ3) is 3.47.